The highest BCUT2D eigenvalue weighted by atomic mass is 35.5. The molecule has 2 saturated heterocycles. The Morgan fingerprint density at radius 2 is 1.65 bits per heavy atom. The number of carbonyl (C=O) groups excluding carboxylic acids is 1. The highest BCUT2D eigenvalue weighted by Gasteiger charge is 2.40. The van der Waals surface area contributed by atoms with Gasteiger partial charge in [0.15, 0.2) is 0 Å². The lowest BCUT2D eigenvalue weighted by molar-refractivity contribution is -0.135. The molecule has 1 aliphatic carbocycles. The average Bonchev–Trinajstić information content (AvgIpc) is 3.17. The SMILES string of the molecule is O=C(C1CCN(c2ncc(Cl)cn2)CC1)N1CC2CCCC2C1. The Balaban J connectivity index is 1.32. The Bertz CT molecular complexity index is 558. The van der Waals surface area contributed by atoms with Gasteiger partial charge in [-0.3, -0.25) is 4.79 Å². The van der Waals surface area contributed by atoms with E-state index in [1.54, 1.807) is 12.4 Å². The summed E-state index contributed by atoms with van der Waals surface area (Å²) in [6.07, 6.45) is 9.06. The molecule has 0 N–H and O–H groups in total. The largest absolute Gasteiger partial charge is 0.342 e. The van der Waals surface area contributed by atoms with Gasteiger partial charge in [0.05, 0.1) is 17.4 Å². The van der Waals surface area contributed by atoms with E-state index in [1.165, 1.54) is 19.3 Å². The standard InChI is InChI=1S/C17H23ClN4O/c18-15-8-19-17(20-9-15)21-6-4-12(5-7-21)16(23)22-10-13-2-1-3-14(13)11-22/h8-9,12-14H,1-7,10-11H2. The van der Waals surface area contributed by atoms with Gasteiger partial charge in [0, 0.05) is 32.1 Å². The third-order valence-electron chi connectivity index (χ3n) is 5.77. The summed E-state index contributed by atoms with van der Waals surface area (Å²) in [5.74, 6) is 2.84. The van der Waals surface area contributed by atoms with Gasteiger partial charge in [-0.15, -0.1) is 0 Å². The fourth-order valence-corrected chi connectivity index (χ4v) is 4.57. The van der Waals surface area contributed by atoms with E-state index < -0.39 is 0 Å². The first-order valence-electron chi connectivity index (χ1n) is 8.72. The van der Waals surface area contributed by atoms with Crippen molar-refractivity contribution in [2.24, 2.45) is 17.8 Å². The van der Waals surface area contributed by atoms with Gasteiger partial charge in [0.25, 0.3) is 0 Å². The zero-order chi connectivity index (χ0) is 15.8. The second-order valence-electron chi connectivity index (χ2n) is 7.16. The number of aromatic nitrogens is 2. The van der Waals surface area contributed by atoms with E-state index in [9.17, 15) is 4.79 Å². The van der Waals surface area contributed by atoms with Crippen molar-refractivity contribution in [3.05, 3.63) is 17.4 Å². The van der Waals surface area contributed by atoms with Crippen molar-refractivity contribution in [3.63, 3.8) is 0 Å². The van der Waals surface area contributed by atoms with Crippen molar-refractivity contribution >= 4 is 23.5 Å². The van der Waals surface area contributed by atoms with Crippen LogP contribution in [0.2, 0.25) is 5.02 Å². The lowest BCUT2D eigenvalue weighted by Gasteiger charge is -2.33. The number of likely N-dealkylation sites (tertiary alicyclic amines) is 1. The monoisotopic (exact) mass is 334 g/mol. The molecule has 1 aromatic heterocycles. The molecule has 3 fully saturated rings. The Morgan fingerprint density at radius 1 is 1.04 bits per heavy atom. The Labute approximate surface area is 142 Å². The summed E-state index contributed by atoms with van der Waals surface area (Å²) >= 11 is 5.83. The van der Waals surface area contributed by atoms with Gasteiger partial charge in [0.1, 0.15) is 0 Å². The van der Waals surface area contributed by atoms with Gasteiger partial charge in [-0.05, 0) is 37.5 Å². The first-order chi connectivity index (χ1) is 11.2. The number of hydrogen-bond donors (Lipinski definition) is 0. The molecule has 0 aromatic carbocycles. The molecule has 1 aromatic rings. The van der Waals surface area contributed by atoms with E-state index in [0.29, 0.717) is 10.9 Å². The summed E-state index contributed by atoms with van der Waals surface area (Å²) in [6.45, 7) is 3.70. The number of carbonyl (C=O) groups is 1. The summed E-state index contributed by atoms with van der Waals surface area (Å²) in [5, 5.41) is 0.554. The quantitative estimate of drug-likeness (QED) is 0.834. The second-order valence-corrected chi connectivity index (χ2v) is 7.59. The number of anilines is 1. The Kier molecular flexibility index (Phi) is 4.14. The van der Waals surface area contributed by atoms with Crippen molar-refractivity contribution in [2.45, 2.75) is 32.1 Å². The molecule has 0 spiro atoms. The first-order valence-corrected chi connectivity index (χ1v) is 9.10. The van der Waals surface area contributed by atoms with Crippen LogP contribution in [0.1, 0.15) is 32.1 Å². The maximum atomic E-state index is 12.8. The summed E-state index contributed by atoms with van der Waals surface area (Å²) in [4.78, 5) is 25.6. The van der Waals surface area contributed by atoms with Gasteiger partial charge in [0.2, 0.25) is 11.9 Å². The molecule has 4 rings (SSSR count). The zero-order valence-electron chi connectivity index (χ0n) is 13.3. The summed E-state index contributed by atoms with van der Waals surface area (Å²) < 4.78 is 0. The fourth-order valence-electron chi connectivity index (χ4n) is 4.47. The van der Waals surface area contributed by atoms with E-state index in [4.69, 9.17) is 11.6 Å². The lowest BCUT2D eigenvalue weighted by Crippen LogP contribution is -2.42. The molecule has 2 atom stereocenters. The van der Waals surface area contributed by atoms with Crippen LogP contribution in [0.5, 0.6) is 0 Å². The number of halogens is 1. The molecule has 1 saturated carbocycles. The van der Waals surface area contributed by atoms with E-state index in [2.05, 4.69) is 19.8 Å². The van der Waals surface area contributed by atoms with E-state index >= 15 is 0 Å². The minimum atomic E-state index is 0.178. The first kappa shape index (κ1) is 15.2. The van der Waals surface area contributed by atoms with E-state index in [0.717, 1.165) is 56.8 Å². The van der Waals surface area contributed by atoms with E-state index in [-0.39, 0.29) is 5.92 Å². The number of fused-ring (bicyclic) bond motifs is 1. The van der Waals surface area contributed by atoms with Gasteiger partial charge < -0.3 is 9.80 Å². The van der Waals surface area contributed by atoms with Crippen molar-refractivity contribution in [1.29, 1.82) is 0 Å². The lowest BCUT2D eigenvalue weighted by atomic mass is 9.95. The predicted molar refractivity (Wildman–Crippen MR) is 89.4 cm³/mol. The molecule has 0 bridgehead atoms. The maximum absolute atomic E-state index is 12.8. The summed E-state index contributed by atoms with van der Waals surface area (Å²) in [5.41, 5.74) is 0. The molecular weight excluding hydrogens is 312 g/mol. The Morgan fingerprint density at radius 3 is 2.26 bits per heavy atom. The number of hydrogen-bond acceptors (Lipinski definition) is 4. The van der Waals surface area contributed by atoms with Crippen LogP contribution in [0.4, 0.5) is 5.95 Å². The van der Waals surface area contributed by atoms with Crippen LogP contribution in [0, 0.1) is 17.8 Å². The number of nitrogens with zero attached hydrogens (tertiary/aromatic N) is 4. The van der Waals surface area contributed by atoms with E-state index in [1.807, 2.05) is 0 Å². The van der Waals surface area contributed by atoms with Gasteiger partial charge in [-0.2, -0.15) is 0 Å². The van der Waals surface area contributed by atoms with Crippen molar-refractivity contribution in [1.82, 2.24) is 14.9 Å². The molecule has 5 nitrogen and oxygen atoms in total. The molecular formula is C17H23ClN4O. The molecule has 2 aliphatic heterocycles. The zero-order valence-corrected chi connectivity index (χ0v) is 14.1. The number of amides is 1. The van der Waals surface area contributed by atoms with Crippen LogP contribution in [0.15, 0.2) is 12.4 Å². The topological polar surface area (TPSA) is 49.3 Å². The maximum Gasteiger partial charge on any atom is 0.225 e. The molecule has 2 unspecified atom stereocenters. The van der Waals surface area contributed by atoms with Crippen LogP contribution < -0.4 is 4.90 Å². The third kappa shape index (κ3) is 3.03. The molecule has 3 heterocycles. The second kappa shape index (κ2) is 6.27. The minimum absolute atomic E-state index is 0.178. The number of rotatable bonds is 2. The minimum Gasteiger partial charge on any atom is -0.342 e. The normalized spacial score (nSPS) is 28.2. The highest BCUT2D eigenvalue weighted by molar-refractivity contribution is 6.30. The van der Waals surface area contributed by atoms with Crippen LogP contribution in [0.25, 0.3) is 0 Å². The van der Waals surface area contributed by atoms with Crippen molar-refractivity contribution < 1.29 is 4.79 Å². The molecule has 23 heavy (non-hydrogen) atoms. The summed E-state index contributed by atoms with van der Waals surface area (Å²) in [7, 11) is 0. The smallest absolute Gasteiger partial charge is 0.225 e. The van der Waals surface area contributed by atoms with Gasteiger partial charge in [-0.1, -0.05) is 18.0 Å². The molecule has 3 aliphatic rings. The highest BCUT2D eigenvalue weighted by Crippen LogP contribution is 2.38. The fraction of sp³-hybridized carbons (Fsp3) is 0.706. The predicted octanol–water partition coefficient (Wildman–Crippen LogP) is 2.60. The number of piperidine rings is 1. The third-order valence-corrected chi connectivity index (χ3v) is 5.97. The van der Waals surface area contributed by atoms with Gasteiger partial charge >= 0.3 is 0 Å². The van der Waals surface area contributed by atoms with Crippen LogP contribution in [-0.4, -0.2) is 47.0 Å². The van der Waals surface area contributed by atoms with Crippen LogP contribution in [-0.2, 0) is 4.79 Å². The molecule has 0 radical (unpaired) electrons. The van der Waals surface area contributed by atoms with Crippen LogP contribution in [0.3, 0.4) is 0 Å². The Hall–Kier alpha value is -1.36. The summed E-state index contributed by atoms with van der Waals surface area (Å²) in [6, 6.07) is 0. The molecule has 1 amide bonds. The van der Waals surface area contributed by atoms with Crippen molar-refractivity contribution in [3.8, 4) is 0 Å². The molecule has 6 heteroatoms. The van der Waals surface area contributed by atoms with Gasteiger partial charge in [-0.25, -0.2) is 9.97 Å². The van der Waals surface area contributed by atoms with Crippen LogP contribution >= 0.6 is 11.6 Å². The average molecular weight is 335 g/mol. The molecule has 124 valence electrons. The van der Waals surface area contributed by atoms with Crippen molar-refractivity contribution in [2.75, 3.05) is 31.1 Å².